The lowest BCUT2D eigenvalue weighted by atomic mass is 10.3. The first-order valence-corrected chi connectivity index (χ1v) is 6.62. The molecule has 0 radical (unpaired) electrons. The van der Waals surface area contributed by atoms with Crippen molar-refractivity contribution in [2.24, 2.45) is 0 Å². The standard InChI is InChI=1S/C13H23N3O4/c1-5-10-15-11(13(17)20-6-2)12(14)16(10)7-9(19-4)8-18-3/h9H,5-8,14H2,1-4H3. The number of methoxy groups -OCH3 is 2. The molecule has 1 aromatic heterocycles. The van der Waals surface area contributed by atoms with Crippen LogP contribution in [0, 0.1) is 0 Å². The van der Waals surface area contributed by atoms with Crippen molar-refractivity contribution >= 4 is 11.8 Å². The van der Waals surface area contributed by atoms with Gasteiger partial charge in [0.15, 0.2) is 5.69 Å². The highest BCUT2D eigenvalue weighted by molar-refractivity contribution is 5.92. The Kier molecular flexibility index (Phi) is 6.47. The molecular formula is C13H23N3O4. The number of imidazole rings is 1. The van der Waals surface area contributed by atoms with Crippen molar-refractivity contribution in [2.45, 2.75) is 32.9 Å². The third-order valence-electron chi connectivity index (χ3n) is 2.94. The van der Waals surface area contributed by atoms with E-state index in [4.69, 9.17) is 19.9 Å². The van der Waals surface area contributed by atoms with Crippen LogP contribution in [-0.2, 0) is 27.2 Å². The van der Waals surface area contributed by atoms with Gasteiger partial charge in [0, 0.05) is 20.6 Å². The minimum absolute atomic E-state index is 0.156. The van der Waals surface area contributed by atoms with E-state index < -0.39 is 5.97 Å². The number of carbonyl (C=O) groups excluding carboxylic acids is 1. The summed E-state index contributed by atoms with van der Waals surface area (Å²) in [6.45, 7) is 4.89. The summed E-state index contributed by atoms with van der Waals surface area (Å²) in [4.78, 5) is 16.1. The minimum atomic E-state index is -0.501. The van der Waals surface area contributed by atoms with Crippen LogP contribution in [-0.4, -0.2) is 49.1 Å². The van der Waals surface area contributed by atoms with E-state index in [-0.39, 0.29) is 18.4 Å². The molecule has 1 atom stereocenters. The van der Waals surface area contributed by atoms with Gasteiger partial charge in [-0.05, 0) is 6.92 Å². The summed E-state index contributed by atoms with van der Waals surface area (Å²) in [5.41, 5.74) is 6.18. The predicted molar refractivity (Wildman–Crippen MR) is 74.6 cm³/mol. The average molecular weight is 285 g/mol. The van der Waals surface area contributed by atoms with Crippen LogP contribution in [0.4, 0.5) is 5.82 Å². The molecule has 1 unspecified atom stereocenters. The molecule has 0 bridgehead atoms. The number of anilines is 1. The lowest BCUT2D eigenvalue weighted by molar-refractivity contribution is 0.0182. The fourth-order valence-corrected chi connectivity index (χ4v) is 1.92. The first kappa shape index (κ1) is 16.5. The molecule has 0 spiro atoms. The molecule has 7 nitrogen and oxygen atoms in total. The van der Waals surface area contributed by atoms with Gasteiger partial charge in [0.2, 0.25) is 0 Å². The van der Waals surface area contributed by atoms with Crippen molar-refractivity contribution in [1.29, 1.82) is 0 Å². The number of aromatic nitrogens is 2. The molecule has 114 valence electrons. The van der Waals surface area contributed by atoms with Crippen LogP contribution in [0.1, 0.15) is 30.2 Å². The van der Waals surface area contributed by atoms with Gasteiger partial charge in [-0.15, -0.1) is 0 Å². The van der Waals surface area contributed by atoms with Crippen molar-refractivity contribution < 1.29 is 19.0 Å². The normalized spacial score (nSPS) is 12.4. The van der Waals surface area contributed by atoms with E-state index in [1.807, 2.05) is 6.92 Å². The summed E-state index contributed by atoms with van der Waals surface area (Å²) in [6.07, 6.45) is 0.504. The van der Waals surface area contributed by atoms with Gasteiger partial charge in [-0.25, -0.2) is 9.78 Å². The maximum Gasteiger partial charge on any atom is 0.360 e. The van der Waals surface area contributed by atoms with Crippen molar-refractivity contribution in [3.63, 3.8) is 0 Å². The highest BCUT2D eigenvalue weighted by atomic mass is 16.5. The Bertz CT molecular complexity index is 445. The maximum absolute atomic E-state index is 11.8. The molecule has 0 saturated heterocycles. The summed E-state index contributed by atoms with van der Waals surface area (Å²) >= 11 is 0. The zero-order valence-corrected chi connectivity index (χ0v) is 12.5. The van der Waals surface area contributed by atoms with Crippen molar-refractivity contribution in [3.05, 3.63) is 11.5 Å². The molecule has 1 rings (SSSR count). The Labute approximate surface area is 119 Å². The van der Waals surface area contributed by atoms with Gasteiger partial charge in [0.25, 0.3) is 0 Å². The number of nitrogens with zero attached hydrogens (tertiary/aromatic N) is 2. The molecule has 0 aromatic carbocycles. The third-order valence-corrected chi connectivity index (χ3v) is 2.94. The molecular weight excluding hydrogens is 262 g/mol. The summed E-state index contributed by atoms with van der Waals surface area (Å²) < 4.78 is 17.1. The minimum Gasteiger partial charge on any atom is -0.461 e. The van der Waals surface area contributed by atoms with Crippen LogP contribution < -0.4 is 5.73 Å². The molecule has 0 fully saturated rings. The van der Waals surface area contributed by atoms with E-state index in [1.165, 1.54) is 0 Å². The SMILES string of the molecule is CCOC(=O)c1nc(CC)n(CC(COC)OC)c1N. The molecule has 1 heterocycles. The van der Waals surface area contributed by atoms with Gasteiger partial charge in [-0.2, -0.15) is 0 Å². The fraction of sp³-hybridized carbons (Fsp3) is 0.692. The molecule has 7 heteroatoms. The fourth-order valence-electron chi connectivity index (χ4n) is 1.92. The van der Waals surface area contributed by atoms with Crippen LogP contribution in [0.5, 0.6) is 0 Å². The van der Waals surface area contributed by atoms with Crippen LogP contribution >= 0.6 is 0 Å². The smallest absolute Gasteiger partial charge is 0.360 e. The second kappa shape index (κ2) is 7.86. The van der Waals surface area contributed by atoms with E-state index in [1.54, 1.807) is 25.7 Å². The zero-order valence-electron chi connectivity index (χ0n) is 12.5. The lowest BCUT2D eigenvalue weighted by Gasteiger charge is -2.17. The number of rotatable bonds is 8. The predicted octanol–water partition coefficient (Wildman–Crippen LogP) is 0.866. The van der Waals surface area contributed by atoms with E-state index in [0.717, 1.165) is 5.82 Å². The molecule has 2 N–H and O–H groups in total. The number of hydrogen-bond donors (Lipinski definition) is 1. The van der Waals surface area contributed by atoms with Gasteiger partial charge < -0.3 is 24.5 Å². The van der Waals surface area contributed by atoms with E-state index in [9.17, 15) is 4.79 Å². The van der Waals surface area contributed by atoms with Crippen LogP contribution in [0.15, 0.2) is 0 Å². The maximum atomic E-state index is 11.8. The van der Waals surface area contributed by atoms with Crippen molar-refractivity contribution in [2.75, 3.05) is 33.2 Å². The Morgan fingerprint density at radius 3 is 2.60 bits per heavy atom. The lowest BCUT2D eigenvalue weighted by Crippen LogP contribution is -2.25. The van der Waals surface area contributed by atoms with E-state index in [2.05, 4.69) is 4.98 Å². The Morgan fingerprint density at radius 1 is 1.40 bits per heavy atom. The number of esters is 1. The number of hydrogen-bond acceptors (Lipinski definition) is 6. The molecule has 1 aromatic rings. The third kappa shape index (κ3) is 3.71. The highest BCUT2D eigenvalue weighted by Crippen LogP contribution is 2.17. The highest BCUT2D eigenvalue weighted by Gasteiger charge is 2.22. The molecule has 20 heavy (non-hydrogen) atoms. The molecule has 0 aliphatic carbocycles. The van der Waals surface area contributed by atoms with E-state index in [0.29, 0.717) is 25.4 Å². The largest absolute Gasteiger partial charge is 0.461 e. The first-order valence-electron chi connectivity index (χ1n) is 6.62. The topological polar surface area (TPSA) is 88.6 Å². The van der Waals surface area contributed by atoms with Gasteiger partial charge in [0.1, 0.15) is 11.6 Å². The molecule has 0 saturated carbocycles. The van der Waals surface area contributed by atoms with Gasteiger partial charge in [-0.3, -0.25) is 0 Å². The Morgan fingerprint density at radius 2 is 2.10 bits per heavy atom. The summed E-state index contributed by atoms with van der Waals surface area (Å²) in [5, 5.41) is 0. The second-order valence-electron chi connectivity index (χ2n) is 4.26. The summed E-state index contributed by atoms with van der Waals surface area (Å²) in [5.74, 6) is 0.529. The van der Waals surface area contributed by atoms with Gasteiger partial charge >= 0.3 is 5.97 Å². The monoisotopic (exact) mass is 285 g/mol. The van der Waals surface area contributed by atoms with Crippen LogP contribution in [0.2, 0.25) is 0 Å². The second-order valence-corrected chi connectivity index (χ2v) is 4.26. The number of carbonyl (C=O) groups is 1. The first-order chi connectivity index (χ1) is 9.58. The summed E-state index contributed by atoms with van der Waals surface area (Å²) in [6, 6.07) is 0. The van der Waals surface area contributed by atoms with Crippen LogP contribution in [0.3, 0.4) is 0 Å². The van der Waals surface area contributed by atoms with Gasteiger partial charge in [0.05, 0.1) is 25.9 Å². The molecule has 0 aliphatic heterocycles. The van der Waals surface area contributed by atoms with Crippen molar-refractivity contribution in [1.82, 2.24) is 9.55 Å². The van der Waals surface area contributed by atoms with Crippen molar-refractivity contribution in [3.8, 4) is 0 Å². The van der Waals surface area contributed by atoms with Gasteiger partial charge in [-0.1, -0.05) is 6.92 Å². The Hall–Kier alpha value is -1.60. The van der Waals surface area contributed by atoms with E-state index >= 15 is 0 Å². The molecule has 0 aliphatic rings. The number of aryl methyl sites for hydroxylation is 1. The number of nitrogens with two attached hydrogens (primary N) is 1. The van der Waals surface area contributed by atoms with Crippen LogP contribution in [0.25, 0.3) is 0 Å². The summed E-state index contributed by atoms with van der Waals surface area (Å²) in [7, 11) is 3.21. The Balaban J connectivity index is 3.02. The quantitative estimate of drug-likeness (QED) is 0.713. The zero-order chi connectivity index (χ0) is 15.1. The average Bonchev–Trinajstić information content (AvgIpc) is 2.75. The molecule has 0 amide bonds. The number of ether oxygens (including phenoxy) is 3. The number of nitrogen functional groups attached to an aromatic ring is 1.